The van der Waals surface area contributed by atoms with Crippen LogP contribution in [0.2, 0.25) is 0 Å². The Morgan fingerprint density at radius 2 is 2.06 bits per heavy atom. The monoisotopic (exact) mass is 225 g/mol. The van der Waals surface area contributed by atoms with E-state index in [-0.39, 0.29) is 0 Å². The van der Waals surface area contributed by atoms with Crippen molar-refractivity contribution in [3.05, 3.63) is 41.7 Å². The van der Waals surface area contributed by atoms with E-state index in [0.29, 0.717) is 5.70 Å². The second kappa shape index (κ2) is 3.54. The molecule has 2 heterocycles. The predicted octanol–water partition coefficient (Wildman–Crippen LogP) is 0.983. The van der Waals surface area contributed by atoms with Crippen molar-refractivity contribution in [1.82, 2.24) is 21.0 Å². The fourth-order valence-corrected chi connectivity index (χ4v) is 2.11. The zero-order valence-electron chi connectivity index (χ0n) is 9.28. The zero-order valence-corrected chi connectivity index (χ0v) is 9.28. The van der Waals surface area contributed by atoms with Gasteiger partial charge in [-0.15, -0.1) is 5.53 Å². The minimum atomic E-state index is 0.501. The van der Waals surface area contributed by atoms with Crippen LogP contribution in [0.3, 0.4) is 0 Å². The summed E-state index contributed by atoms with van der Waals surface area (Å²) in [7, 11) is 1.99. The van der Waals surface area contributed by atoms with E-state index in [1.165, 1.54) is 0 Å². The van der Waals surface area contributed by atoms with Crippen LogP contribution >= 0.6 is 0 Å². The maximum atomic E-state index is 9.02. The van der Waals surface area contributed by atoms with Crippen molar-refractivity contribution in [2.75, 3.05) is 0 Å². The van der Waals surface area contributed by atoms with E-state index in [9.17, 15) is 0 Å². The number of allylic oxidation sites excluding steroid dienone is 1. The molecule has 3 N–H and O–H groups in total. The molecule has 0 atom stereocenters. The molecule has 1 aliphatic heterocycles. The number of nitriles is 1. The number of aromatic nitrogens is 1. The highest BCUT2D eigenvalue weighted by Gasteiger charge is 2.18. The molecule has 0 fully saturated rings. The third-order valence-electron chi connectivity index (χ3n) is 2.90. The molecule has 1 aromatic heterocycles. The average Bonchev–Trinajstić information content (AvgIpc) is 2.94. The van der Waals surface area contributed by atoms with Gasteiger partial charge in [-0.3, -0.25) is 5.43 Å². The molecule has 0 unspecified atom stereocenters. The van der Waals surface area contributed by atoms with Gasteiger partial charge in [0.05, 0.1) is 5.70 Å². The second-order valence-corrected chi connectivity index (χ2v) is 3.91. The van der Waals surface area contributed by atoms with Crippen molar-refractivity contribution < 1.29 is 0 Å². The van der Waals surface area contributed by atoms with Crippen LogP contribution < -0.4 is 16.4 Å². The van der Waals surface area contributed by atoms with E-state index in [1.54, 1.807) is 0 Å². The summed E-state index contributed by atoms with van der Waals surface area (Å²) in [5.74, 6) is 0. The van der Waals surface area contributed by atoms with Crippen LogP contribution in [-0.2, 0) is 7.05 Å². The Kier molecular flexibility index (Phi) is 2.03. The Bertz CT molecular complexity index is 659. The van der Waals surface area contributed by atoms with Crippen LogP contribution in [-0.4, -0.2) is 4.57 Å². The number of hydrogen-bond donors (Lipinski definition) is 3. The first-order chi connectivity index (χ1) is 8.31. The van der Waals surface area contributed by atoms with Crippen LogP contribution in [0.1, 0.15) is 5.56 Å². The van der Waals surface area contributed by atoms with Crippen molar-refractivity contribution in [1.29, 1.82) is 5.26 Å². The van der Waals surface area contributed by atoms with Gasteiger partial charge in [0.25, 0.3) is 0 Å². The van der Waals surface area contributed by atoms with Crippen LogP contribution in [0, 0.1) is 11.3 Å². The Hall–Kier alpha value is -2.45. The molecule has 5 heteroatoms. The SMILES string of the molecule is Cn1cc(C2=C(C#N)NNN2)c2ccccc21. The van der Waals surface area contributed by atoms with Crippen molar-refractivity contribution in [3.8, 4) is 6.07 Å². The first kappa shape index (κ1) is 9.75. The first-order valence-corrected chi connectivity index (χ1v) is 5.27. The number of nitrogens with one attached hydrogen (secondary N) is 3. The molecular formula is C12H11N5. The molecule has 5 nitrogen and oxygen atoms in total. The largest absolute Gasteiger partial charge is 0.350 e. The highest BCUT2D eigenvalue weighted by molar-refractivity contribution is 5.94. The zero-order chi connectivity index (χ0) is 11.8. The third kappa shape index (κ3) is 1.35. The predicted molar refractivity (Wildman–Crippen MR) is 64.9 cm³/mol. The normalized spacial score (nSPS) is 14.6. The fraction of sp³-hybridized carbons (Fsp3) is 0.0833. The number of aryl methyl sites for hydroxylation is 1. The van der Waals surface area contributed by atoms with Crippen molar-refractivity contribution in [2.45, 2.75) is 0 Å². The Balaban J connectivity index is 2.29. The molecule has 0 saturated carbocycles. The number of hydrazine groups is 2. The summed E-state index contributed by atoms with van der Waals surface area (Å²) in [6.45, 7) is 0. The molecule has 0 spiro atoms. The molecule has 17 heavy (non-hydrogen) atoms. The van der Waals surface area contributed by atoms with E-state index >= 15 is 0 Å². The summed E-state index contributed by atoms with van der Waals surface area (Å²) in [6, 6.07) is 10.2. The van der Waals surface area contributed by atoms with Crippen molar-refractivity contribution in [2.24, 2.45) is 7.05 Å². The van der Waals surface area contributed by atoms with E-state index in [2.05, 4.69) is 28.5 Å². The topological polar surface area (TPSA) is 64.8 Å². The Morgan fingerprint density at radius 1 is 1.24 bits per heavy atom. The van der Waals surface area contributed by atoms with Gasteiger partial charge in [-0.05, 0) is 6.07 Å². The summed E-state index contributed by atoms with van der Waals surface area (Å²) >= 11 is 0. The molecule has 1 aromatic carbocycles. The van der Waals surface area contributed by atoms with Gasteiger partial charge in [0.1, 0.15) is 6.07 Å². The Labute approximate surface area is 98.3 Å². The second-order valence-electron chi connectivity index (χ2n) is 3.91. The van der Waals surface area contributed by atoms with E-state index < -0.39 is 0 Å². The van der Waals surface area contributed by atoms with Gasteiger partial charge in [0, 0.05) is 29.7 Å². The molecule has 0 aliphatic carbocycles. The highest BCUT2D eigenvalue weighted by atomic mass is 15.6. The number of hydrogen-bond acceptors (Lipinski definition) is 4. The molecule has 0 radical (unpaired) electrons. The van der Waals surface area contributed by atoms with Crippen LogP contribution in [0.4, 0.5) is 0 Å². The molecule has 0 saturated heterocycles. The minimum Gasteiger partial charge on any atom is -0.350 e. The maximum Gasteiger partial charge on any atom is 0.154 e. The summed E-state index contributed by atoms with van der Waals surface area (Å²) in [5, 5.41) is 10.1. The lowest BCUT2D eigenvalue weighted by Gasteiger charge is -2.00. The van der Waals surface area contributed by atoms with E-state index in [4.69, 9.17) is 5.26 Å². The van der Waals surface area contributed by atoms with Crippen molar-refractivity contribution in [3.63, 3.8) is 0 Å². The van der Waals surface area contributed by atoms with Gasteiger partial charge in [0.15, 0.2) is 5.70 Å². The lowest BCUT2D eigenvalue weighted by molar-refractivity contribution is 0.612. The van der Waals surface area contributed by atoms with Gasteiger partial charge < -0.3 is 9.99 Å². The van der Waals surface area contributed by atoms with E-state index in [1.807, 2.05) is 36.0 Å². The number of rotatable bonds is 1. The van der Waals surface area contributed by atoms with Gasteiger partial charge in [-0.2, -0.15) is 5.26 Å². The first-order valence-electron chi connectivity index (χ1n) is 5.27. The van der Waals surface area contributed by atoms with Gasteiger partial charge in [-0.25, -0.2) is 0 Å². The highest BCUT2D eigenvalue weighted by Crippen LogP contribution is 2.27. The summed E-state index contributed by atoms with van der Waals surface area (Å²) < 4.78 is 2.05. The minimum absolute atomic E-state index is 0.501. The van der Waals surface area contributed by atoms with Gasteiger partial charge in [-0.1, -0.05) is 18.2 Å². The lowest BCUT2D eigenvalue weighted by Crippen LogP contribution is -2.32. The van der Waals surface area contributed by atoms with Crippen LogP contribution in [0.15, 0.2) is 36.2 Å². The fourth-order valence-electron chi connectivity index (χ4n) is 2.11. The Morgan fingerprint density at radius 3 is 2.88 bits per heavy atom. The lowest BCUT2D eigenvalue weighted by atomic mass is 10.1. The third-order valence-corrected chi connectivity index (χ3v) is 2.90. The quantitative estimate of drug-likeness (QED) is 0.677. The molecule has 1 aliphatic rings. The maximum absolute atomic E-state index is 9.02. The van der Waals surface area contributed by atoms with Crippen LogP contribution in [0.5, 0.6) is 0 Å². The molecule has 0 amide bonds. The van der Waals surface area contributed by atoms with Crippen LogP contribution in [0.25, 0.3) is 16.6 Å². The number of nitrogens with zero attached hydrogens (tertiary/aromatic N) is 2. The molecule has 2 aromatic rings. The van der Waals surface area contributed by atoms with E-state index in [0.717, 1.165) is 22.2 Å². The summed E-state index contributed by atoms with van der Waals surface area (Å²) in [6.07, 6.45) is 2.01. The number of para-hydroxylation sites is 1. The number of benzene rings is 1. The number of fused-ring (bicyclic) bond motifs is 1. The molecule has 3 rings (SSSR count). The van der Waals surface area contributed by atoms with Crippen molar-refractivity contribution >= 4 is 16.6 Å². The van der Waals surface area contributed by atoms with Gasteiger partial charge in [0.2, 0.25) is 0 Å². The molecule has 0 bridgehead atoms. The molecular weight excluding hydrogens is 214 g/mol. The standard InChI is InChI=1S/C12H11N5/c1-17-7-9(8-4-2-3-5-11(8)17)12-10(6-13)14-16-15-12/h2-5,7,14-16H,1H3. The smallest absolute Gasteiger partial charge is 0.154 e. The average molecular weight is 225 g/mol. The molecule has 84 valence electrons. The van der Waals surface area contributed by atoms with Gasteiger partial charge >= 0.3 is 0 Å². The summed E-state index contributed by atoms with van der Waals surface area (Å²) in [4.78, 5) is 0. The summed E-state index contributed by atoms with van der Waals surface area (Å²) in [5.41, 5.74) is 11.9.